The summed E-state index contributed by atoms with van der Waals surface area (Å²) < 4.78 is 13.4. The van der Waals surface area contributed by atoms with Crippen LogP contribution in [-0.2, 0) is 16.1 Å². The van der Waals surface area contributed by atoms with Crippen LogP contribution in [0.4, 0.5) is 11.5 Å². The van der Waals surface area contributed by atoms with Crippen LogP contribution in [0.2, 0.25) is 0 Å². The monoisotopic (exact) mass is 478 g/mol. The Morgan fingerprint density at radius 3 is 2.83 bits per heavy atom. The normalized spacial score (nSPS) is 14.3. The number of carbonyl (C=O) groups excluding carboxylic acids is 2. The fourth-order valence-corrected chi connectivity index (χ4v) is 3.84. The lowest BCUT2D eigenvalue weighted by atomic mass is 10.2. The van der Waals surface area contributed by atoms with E-state index in [1.165, 1.54) is 4.90 Å². The highest BCUT2D eigenvalue weighted by molar-refractivity contribution is 6.01. The van der Waals surface area contributed by atoms with Crippen molar-refractivity contribution in [3.8, 4) is 5.75 Å². The number of aromatic nitrogens is 3. The maximum atomic E-state index is 13.5. The Bertz CT molecular complexity index is 1180. The highest BCUT2D eigenvalue weighted by atomic mass is 16.5. The second-order valence-corrected chi connectivity index (χ2v) is 8.21. The molecule has 184 valence electrons. The van der Waals surface area contributed by atoms with Gasteiger partial charge in [0, 0.05) is 25.0 Å². The lowest BCUT2D eigenvalue weighted by Crippen LogP contribution is -2.43. The van der Waals surface area contributed by atoms with Gasteiger partial charge in [-0.3, -0.25) is 14.3 Å². The first-order chi connectivity index (χ1) is 17.0. The first kappa shape index (κ1) is 24.2. The molecule has 0 atom stereocenters. The fraction of sp³-hybridized carbons (Fsp3) is 0.360. The van der Waals surface area contributed by atoms with E-state index in [9.17, 15) is 9.59 Å². The number of para-hydroxylation sites is 2. The van der Waals surface area contributed by atoms with Gasteiger partial charge in [0.15, 0.2) is 0 Å². The van der Waals surface area contributed by atoms with E-state index in [1.807, 2.05) is 48.9 Å². The molecule has 10 nitrogen and oxygen atoms in total. The van der Waals surface area contributed by atoms with Crippen molar-refractivity contribution in [2.24, 2.45) is 0 Å². The molecule has 3 aromatic rings. The van der Waals surface area contributed by atoms with Crippen molar-refractivity contribution in [1.82, 2.24) is 25.0 Å². The minimum absolute atomic E-state index is 0.0965. The molecule has 1 aliphatic rings. The molecule has 1 aliphatic heterocycles. The maximum Gasteiger partial charge on any atom is 0.258 e. The van der Waals surface area contributed by atoms with Crippen LogP contribution in [-0.4, -0.2) is 70.9 Å². The summed E-state index contributed by atoms with van der Waals surface area (Å²) in [4.78, 5) is 32.1. The van der Waals surface area contributed by atoms with Gasteiger partial charge in [0.2, 0.25) is 5.91 Å². The van der Waals surface area contributed by atoms with Crippen molar-refractivity contribution in [2.75, 3.05) is 44.8 Å². The molecule has 0 aliphatic carbocycles. The van der Waals surface area contributed by atoms with Crippen molar-refractivity contribution < 1.29 is 19.1 Å². The third-order valence-corrected chi connectivity index (χ3v) is 5.54. The van der Waals surface area contributed by atoms with Gasteiger partial charge in [-0.05, 0) is 44.2 Å². The van der Waals surface area contributed by atoms with Gasteiger partial charge >= 0.3 is 0 Å². The van der Waals surface area contributed by atoms with E-state index in [0.717, 1.165) is 11.4 Å². The molecule has 0 radical (unpaired) electrons. The first-order valence-electron chi connectivity index (χ1n) is 11.6. The van der Waals surface area contributed by atoms with Crippen LogP contribution in [0.1, 0.15) is 21.7 Å². The number of aryl methyl sites for hydroxylation is 2. The van der Waals surface area contributed by atoms with E-state index in [-0.39, 0.29) is 31.5 Å². The molecule has 2 N–H and O–H groups in total. The van der Waals surface area contributed by atoms with E-state index < -0.39 is 0 Å². The molecule has 3 heterocycles. The molecule has 0 unspecified atom stereocenters. The second kappa shape index (κ2) is 11.5. The molecule has 0 saturated heterocycles. The molecule has 0 spiro atoms. The van der Waals surface area contributed by atoms with Crippen LogP contribution >= 0.6 is 0 Å². The Hall–Kier alpha value is -3.92. The van der Waals surface area contributed by atoms with Crippen LogP contribution < -0.4 is 15.4 Å². The predicted octanol–water partition coefficient (Wildman–Crippen LogP) is 2.31. The van der Waals surface area contributed by atoms with Gasteiger partial charge in [-0.15, -0.1) is 0 Å². The van der Waals surface area contributed by atoms with Gasteiger partial charge in [0.25, 0.3) is 5.91 Å². The Balaban J connectivity index is 1.48. The molecule has 0 bridgehead atoms. The number of amides is 2. The Kier molecular flexibility index (Phi) is 7.94. The van der Waals surface area contributed by atoms with Crippen LogP contribution in [0, 0.1) is 13.8 Å². The molecular weight excluding hydrogens is 448 g/mol. The molecular formula is C25H30N6O4. The molecule has 4 rings (SSSR count). The summed E-state index contributed by atoms with van der Waals surface area (Å²) in [5.74, 6) is 0.466. The SMILES string of the molecule is Cc1cc(C)n(CCNC(=O)CN2CCOCCOc3ccccc3Nc3ncccc3C2=O)n1. The van der Waals surface area contributed by atoms with Crippen LogP contribution in [0.3, 0.4) is 0 Å². The molecule has 10 heteroatoms. The predicted molar refractivity (Wildman–Crippen MR) is 131 cm³/mol. The highest BCUT2D eigenvalue weighted by Gasteiger charge is 2.23. The van der Waals surface area contributed by atoms with Gasteiger partial charge < -0.3 is 25.0 Å². The number of fused-ring (bicyclic) bond motifs is 2. The number of hydrogen-bond donors (Lipinski definition) is 2. The third-order valence-electron chi connectivity index (χ3n) is 5.54. The summed E-state index contributed by atoms with van der Waals surface area (Å²) in [6, 6.07) is 12.8. The Morgan fingerprint density at radius 2 is 2.00 bits per heavy atom. The number of hydrogen-bond acceptors (Lipinski definition) is 7. The quantitative estimate of drug-likeness (QED) is 0.579. The molecule has 35 heavy (non-hydrogen) atoms. The number of benzene rings is 1. The Labute approximate surface area is 204 Å². The zero-order valence-electron chi connectivity index (χ0n) is 20.0. The largest absolute Gasteiger partial charge is 0.489 e. The van der Waals surface area contributed by atoms with Gasteiger partial charge in [0.05, 0.1) is 43.2 Å². The number of pyridine rings is 1. The van der Waals surface area contributed by atoms with E-state index in [4.69, 9.17) is 9.47 Å². The summed E-state index contributed by atoms with van der Waals surface area (Å²) in [7, 11) is 0. The number of nitrogens with one attached hydrogen (secondary N) is 2. The average molecular weight is 479 g/mol. The molecule has 0 fully saturated rings. The fourth-order valence-electron chi connectivity index (χ4n) is 3.84. The number of anilines is 2. The maximum absolute atomic E-state index is 13.5. The van der Waals surface area contributed by atoms with Gasteiger partial charge in [-0.1, -0.05) is 12.1 Å². The minimum Gasteiger partial charge on any atom is -0.489 e. The Morgan fingerprint density at radius 1 is 1.14 bits per heavy atom. The van der Waals surface area contributed by atoms with Crippen molar-refractivity contribution in [1.29, 1.82) is 0 Å². The van der Waals surface area contributed by atoms with Gasteiger partial charge in [0.1, 0.15) is 18.2 Å². The molecule has 2 amide bonds. The van der Waals surface area contributed by atoms with E-state index in [1.54, 1.807) is 18.3 Å². The van der Waals surface area contributed by atoms with Crippen molar-refractivity contribution in [3.63, 3.8) is 0 Å². The topological polar surface area (TPSA) is 111 Å². The number of nitrogens with zero attached hydrogens (tertiary/aromatic N) is 4. The molecule has 2 aromatic heterocycles. The van der Waals surface area contributed by atoms with Crippen LogP contribution in [0.5, 0.6) is 5.75 Å². The van der Waals surface area contributed by atoms with Crippen LogP contribution in [0.25, 0.3) is 0 Å². The van der Waals surface area contributed by atoms with Crippen LogP contribution in [0.15, 0.2) is 48.7 Å². The van der Waals surface area contributed by atoms with E-state index in [0.29, 0.717) is 49.1 Å². The number of carbonyl (C=O) groups is 2. The summed E-state index contributed by atoms with van der Waals surface area (Å²) in [5.41, 5.74) is 3.01. The molecule has 1 aromatic carbocycles. The van der Waals surface area contributed by atoms with E-state index >= 15 is 0 Å². The summed E-state index contributed by atoms with van der Waals surface area (Å²) in [6.45, 7) is 6.02. The zero-order chi connectivity index (χ0) is 24.6. The smallest absolute Gasteiger partial charge is 0.258 e. The third kappa shape index (κ3) is 6.36. The minimum atomic E-state index is -0.310. The first-order valence-corrected chi connectivity index (χ1v) is 11.6. The lowest BCUT2D eigenvalue weighted by Gasteiger charge is -2.23. The van der Waals surface area contributed by atoms with Gasteiger partial charge in [-0.2, -0.15) is 5.10 Å². The lowest BCUT2D eigenvalue weighted by molar-refractivity contribution is -0.122. The van der Waals surface area contributed by atoms with Crippen molar-refractivity contribution in [2.45, 2.75) is 20.4 Å². The number of ether oxygens (including phenoxy) is 2. The van der Waals surface area contributed by atoms with E-state index in [2.05, 4.69) is 20.7 Å². The standard InChI is InChI=1S/C25H30N6O4/c1-18-16-19(2)31(29-18)11-10-26-23(32)17-30-12-13-34-14-15-35-22-8-4-3-7-21(22)28-24-20(25(30)33)6-5-9-27-24/h3-9,16H,10-15,17H2,1-2H3,(H,26,32)(H,27,28). The second-order valence-electron chi connectivity index (χ2n) is 8.21. The van der Waals surface area contributed by atoms with Crippen molar-refractivity contribution >= 4 is 23.3 Å². The summed E-state index contributed by atoms with van der Waals surface area (Å²) in [5, 5.41) is 10.5. The van der Waals surface area contributed by atoms with Gasteiger partial charge in [-0.25, -0.2) is 4.98 Å². The highest BCUT2D eigenvalue weighted by Crippen LogP contribution is 2.28. The van der Waals surface area contributed by atoms with Crippen molar-refractivity contribution in [3.05, 3.63) is 65.6 Å². The number of rotatable bonds is 5. The molecule has 0 saturated carbocycles. The summed E-state index contributed by atoms with van der Waals surface area (Å²) >= 11 is 0. The average Bonchev–Trinajstić information content (AvgIpc) is 3.17. The zero-order valence-corrected chi connectivity index (χ0v) is 20.0. The summed E-state index contributed by atoms with van der Waals surface area (Å²) in [6.07, 6.45) is 1.61.